The molecule has 2 amide bonds. The Hall–Kier alpha value is -4.85. The molecule has 0 saturated carbocycles. The molecule has 0 saturated heterocycles. The number of hydrogen-bond acceptors (Lipinski definition) is 4. The van der Waals surface area contributed by atoms with Gasteiger partial charge in [-0.3, -0.25) is 9.59 Å². The first-order chi connectivity index (χ1) is 18.2. The van der Waals surface area contributed by atoms with Gasteiger partial charge in [0.15, 0.2) is 11.9 Å². The van der Waals surface area contributed by atoms with Gasteiger partial charge in [0.1, 0.15) is 25.5 Å². The molecule has 2 N–H and O–H groups in total. The average Bonchev–Trinajstić information content (AvgIpc) is 2.90. The van der Waals surface area contributed by atoms with Crippen LogP contribution in [0.5, 0.6) is 0 Å². The van der Waals surface area contributed by atoms with Crippen molar-refractivity contribution in [1.82, 2.24) is 4.98 Å². The number of amides is 2. The van der Waals surface area contributed by atoms with Crippen molar-refractivity contribution in [2.24, 2.45) is 14.1 Å². The third kappa shape index (κ3) is 4.76. The Bertz CT molecular complexity index is 1730. The zero-order valence-corrected chi connectivity index (χ0v) is 22.1. The fourth-order valence-electron chi connectivity index (χ4n) is 4.56. The largest absolute Gasteiger partial charge is 0.377 e. The maximum atomic E-state index is 13.1. The van der Waals surface area contributed by atoms with Gasteiger partial charge in [-0.15, -0.1) is 0 Å². The first-order valence-electron chi connectivity index (χ1n) is 12.3. The number of hydrogen-bond donors (Lipinski definition) is 2. The molecule has 0 unspecified atom stereocenters. The zero-order chi connectivity index (χ0) is 27.0. The number of benzene rings is 2. The summed E-state index contributed by atoms with van der Waals surface area (Å²) in [6, 6.07) is 22.4. The number of carbonyl (C=O) groups is 2. The number of aromatic nitrogens is 3. The van der Waals surface area contributed by atoms with Gasteiger partial charge in [0.2, 0.25) is 11.0 Å². The molecule has 190 valence electrons. The normalized spacial score (nSPS) is 11.0. The van der Waals surface area contributed by atoms with Crippen LogP contribution in [0.15, 0.2) is 79.0 Å². The van der Waals surface area contributed by atoms with Crippen LogP contribution >= 0.6 is 0 Å². The number of nitrogens with zero attached hydrogens (tertiary/aromatic N) is 4. The van der Waals surface area contributed by atoms with E-state index in [1.165, 1.54) is 0 Å². The van der Waals surface area contributed by atoms with Crippen LogP contribution < -0.4 is 24.7 Å². The fourth-order valence-corrected chi connectivity index (χ4v) is 4.56. The quantitative estimate of drug-likeness (QED) is 0.354. The first-order valence-corrected chi connectivity index (χ1v) is 12.3. The Labute approximate surface area is 221 Å². The van der Waals surface area contributed by atoms with Gasteiger partial charge in [0, 0.05) is 62.0 Å². The van der Waals surface area contributed by atoms with Crippen molar-refractivity contribution in [2.75, 3.05) is 29.6 Å². The van der Waals surface area contributed by atoms with Crippen LogP contribution in [0.3, 0.4) is 0 Å². The van der Waals surface area contributed by atoms with E-state index in [4.69, 9.17) is 0 Å². The monoisotopic (exact) mass is 506 g/mol. The molecule has 38 heavy (non-hydrogen) atoms. The summed E-state index contributed by atoms with van der Waals surface area (Å²) in [7, 11) is 7.99. The van der Waals surface area contributed by atoms with Crippen molar-refractivity contribution < 1.29 is 18.7 Å². The molecule has 0 aliphatic rings. The van der Waals surface area contributed by atoms with E-state index in [1.807, 2.05) is 87.5 Å². The van der Waals surface area contributed by atoms with Crippen molar-refractivity contribution in [3.63, 3.8) is 0 Å². The highest BCUT2D eigenvalue weighted by molar-refractivity contribution is 6.07. The highest BCUT2D eigenvalue weighted by Crippen LogP contribution is 2.27. The number of pyridine rings is 3. The summed E-state index contributed by atoms with van der Waals surface area (Å²) < 4.78 is 4.13. The van der Waals surface area contributed by atoms with E-state index in [2.05, 4.69) is 38.1 Å². The number of anilines is 3. The number of fused-ring (bicyclic) bond motifs is 2. The Morgan fingerprint density at radius 3 is 2.08 bits per heavy atom. The summed E-state index contributed by atoms with van der Waals surface area (Å²) in [6.07, 6.45) is 1.97. The van der Waals surface area contributed by atoms with Crippen LogP contribution in [0.25, 0.3) is 21.8 Å². The van der Waals surface area contributed by atoms with Crippen LogP contribution in [0.2, 0.25) is 0 Å². The molecule has 8 nitrogen and oxygen atoms in total. The Morgan fingerprint density at radius 2 is 1.42 bits per heavy atom. The number of carbonyl (C=O) groups excluding carboxylic acids is 2. The van der Waals surface area contributed by atoms with Gasteiger partial charge >= 0.3 is 0 Å². The molecule has 0 bridgehead atoms. The van der Waals surface area contributed by atoms with Crippen LogP contribution in [0.4, 0.5) is 17.1 Å². The van der Waals surface area contributed by atoms with E-state index in [0.29, 0.717) is 11.4 Å². The molecule has 3 aromatic heterocycles. The molecule has 0 aliphatic carbocycles. The lowest BCUT2D eigenvalue weighted by Crippen LogP contribution is -2.33. The molecule has 3 heterocycles. The maximum absolute atomic E-state index is 13.1. The summed E-state index contributed by atoms with van der Waals surface area (Å²) >= 11 is 0. The van der Waals surface area contributed by atoms with Gasteiger partial charge in [-0.05, 0) is 42.5 Å². The number of aryl methyl sites for hydroxylation is 3. The van der Waals surface area contributed by atoms with Crippen LogP contribution in [-0.2, 0) is 14.1 Å². The minimum atomic E-state index is -0.389. The second-order valence-corrected chi connectivity index (χ2v) is 9.57. The topological polar surface area (TPSA) is 82.1 Å². The van der Waals surface area contributed by atoms with Crippen LogP contribution in [0, 0.1) is 6.92 Å². The zero-order valence-electron chi connectivity index (χ0n) is 22.1. The van der Waals surface area contributed by atoms with E-state index in [0.717, 1.165) is 33.2 Å². The van der Waals surface area contributed by atoms with Gasteiger partial charge < -0.3 is 15.5 Å². The molecule has 5 aromatic rings. The van der Waals surface area contributed by atoms with E-state index in [1.54, 1.807) is 18.2 Å². The Kier molecular flexibility index (Phi) is 6.46. The van der Waals surface area contributed by atoms with Gasteiger partial charge in [-0.25, -0.2) is 9.55 Å². The molecule has 0 fully saturated rings. The minimum Gasteiger partial charge on any atom is -0.377 e. The number of rotatable bonds is 5. The van der Waals surface area contributed by atoms with E-state index < -0.39 is 0 Å². The summed E-state index contributed by atoms with van der Waals surface area (Å²) in [5.41, 5.74) is 5.93. The second-order valence-electron chi connectivity index (χ2n) is 9.57. The lowest BCUT2D eigenvalue weighted by molar-refractivity contribution is -0.651. The molecule has 8 heteroatoms. The summed E-state index contributed by atoms with van der Waals surface area (Å²) in [5, 5.41) is 7.84. The number of nitrogens with one attached hydrogen (secondary N) is 2. The lowest BCUT2D eigenvalue weighted by atomic mass is 10.1. The predicted octanol–water partition coefficient (Wildman–Crippen LogP) is 3.92. The van der Waals surface area contributed by atoms with Crippen molar-refractivity contribution in [3.05, 3.63) is 96.1 Å². The summed E-state index contributed by atoms with van der Waals surface area (Å²) in [4.78, 5) is 32.4. The third-order valence-corrected chi connectivity index (χ3v) is 6.71. The van der Waals surface area contributed by atoms with Gasteiger partial charge in [0.05, 0.1) is 11.1 Å². The minimum absolute atomic E-state index is 0.158. The van der Waals surface area contributed by atoms with Crippen molar-refractivity contribution in [3.8, 4) is 0 Å². The van der Waals surface area contributed by atoms with Crippen molar-refractivity contribution in [1.29, 1.82) is 0 Å². The molecule has 0 spiro atoms. The van der Waals surface area contributed by atoms with E-state index in [-0.39, 0.29) is 23.2 Å². The fraction of sp³-hybridized carbons (Fsp3) is 0.167. The molecule has 0 atom stereocenters. The highest BCUT2D eigenvalue weighted by atomic mass is 16.2. The molecule has 5 rings (SSSR count). The maximum Gasteiger partial charge on any atom is 0.274 e. The molecule has 0 aliphatic heterocycles. The van der Waals surface area contributed by atoms with Gasteiger partial charge in [-0.2, -0.15) is 4.57 Å². The average molecular weight is 507 g/mol. The standard InChI is InChI=1S/C30H28N6O2/c1-19-16-28(34(2)3)23-18-22(12-14-27(23)36(19)5)32-30(38)25-10-6-9-24(33-25)29(37)31-21-11-13-26-20(17-21)8-7-15-35(26)4/h6-18H,1-5H3/p+2. The summed E-state index contributed by atoms with van der Waals surface area (Å²) in [5.74, 6) is -0.774. The second kappa shape index (κ2) is 9.89. The molecule has 2 aromatic carbocycles. The SMILES string of the molecule is Cc1cc(N(C)C)c2cc(NC(=O)c3cccc(C(=O)Nc4ccc5c(ccc[n+]5C)c4)n3)ccc2[n+]1C. The third-order valence-electron chi connectivity index (χ3n) is 6.71. The molecule has 0 radical (unpaired) electrons. The molecular formula is C30H30N6O2+2. The van der Waals surface area contributed by atoms with Crippen LogP contribution in [0.1, 0.15) is 26.7 Å². The predicted molar refractivity (Wildman–Crippen MR) is 149 cm³/mol. The summed E-state index contributed by atoms with van der Waals surface area (Å²) in [6.45, 7) is 2.07. The lowest BCUT2D eigenvalue weighted by Gasteiger charge is -2.16. The van der Waals surface area contributed by atoms with Gasteiger partial charge in [0.25, 0.3) is 11.8 Å². The van der Waals surface area contributed by atoms with Crippen molar-refractivity contribution in [2.45, 2.75) is 6.92 Å². The molecular weight excluding hydrogens is 476 g/mol. The van der Waals surface area contributed by atoms with E-state index in [9.17, 15) is 9.59 Å². The Morgan fingerprint density at radius 1 is 0.789 bits per heavy atom. The van der Waals surface area contributed by atoms with Gasteiger partial charge in [-0.1, -0.05) is 6.07 Å². The first kappa shape index (κ1) is 24.8. The Balaban J connectivity index is 1.37. The van der Waals surface area contributed by atoms with Crippen LogP contribution in [-0.4, -0.2) is 30.9 Å². The highest BCUT2D eigenvalue weighted by Gasteiger charge is 2.18. The smallest absolute Gasteiger partial charge is 0.274 e. The van der Waals surface area contributed by atoms with E-state index >= 15 is 0 Å². The van der Waals surface area contributed by atoms with Crippen molar-refractivity contribution >= 4 is 50.7 Å².